The zero-order chi connectivity index (χ0) is 13.8. The summed E-state index contributed by atoms with van der Waals surface area (Å²) in [6, 6.07) is 3.48. The Morgan fingerprint density at radius 3 is 2.61 bits per heavy atom. The summed E-state index contributed by atoms with van der Waals surface area (Å²) in [7, 11) is -3.69. The predicted molar refractivity (Wildman–Crippen MR) is 69.2 cm³/mol. The van der Waals surface area contributed by atoms with E-state index in [9.17, 15) is 12.8 Å². The molecule has 0 saturated heterocycles. The van der Waals surface area contributed by atoms with Crippen LogP contribution in [0.4, 0.5) is 4.39 Å². The zero-order valence-corrected chi connectivity index (χ0v) is 11.4. The van der Waals surface area contributed by atoms with E-state index in [1.165, 1.54) is 12.1 Å². The highest BCUT2D eigenvalue weighted by atomic mass is 32.2. The number of sulfonamides is 1. The summed E-state index contributed by atoms with van der Waals surface area (Å²) in [5.41, 5.74) is 6.29. The molecule has 0 bridgehead atoms. The van der Waals surface area contributed by atoms with Gasteiger partial charge in [0.15, 0.2) is 0 Å². The second-order valence-corrected chi connectivity index (χ2v) is 6.13. The van der Waals surface area contributed by atoms with E-state index in [2.05, 4.69) is 4.72 Å². The molecule has 0 amide bonds. The number of nitrogens with two attached hydrogens (primary N) is 1. The zero-order valence-electron chi connectivity index (χ0n) is 10.6. The summed E-state index contributed by atoms with van der Waals surface area (Å²) in [6.07, 6.45) is 1.63. The van der Waals surface area contributed by atoms with Gasteiger partial charge in [-0.1, -0.05) is 13.3 Å². The van der Waals surface area contributed by atoms with Crippen LogP contribution in [0.15, 0.2) is 23.1 Å². The van der Waals surface area contributed by atoms with Crippen molar-refractivity contribution in [3.63, 3.8) is 0 Å². The van der Waals surface area contributed by atoms with Crippen molar-refractivity contribution in [1.29, 1.82) is 0 Å². The van der Waals surface area contributed by atoms with Crippen molar-refractivity contribution in [3.8, 4) is 0 Å². The number of rotatable bonds is 6. The van der Waals surface area contributed by atoms with Crippen LogP contribution in [0, 0.1) is 12.7 Å². The minimum atomic E-state index is -3.69. The number of benzene rings is 1. The molecule has 1 aromatic carbocycles. The quantitative estimate of drug-likeness (QED) is 0.826. The fourth-order valence-corrected chi connectivity index (χ4v) is 2.84. The van der Waals surface area contributed by atoms with Crippen LogP contribution in [-0.4, -0.2) is 21.0 Å². The second kappa shape index (κ2) is 6.26. The van der Waals surface area contributed by atoms with Gasteiger partial charge in [-0.3, -0.25) is 0 Å². The van der Waals surface area contributed by atoms with Crippen molar-refractivity contribution in [2.24, 2.45) is 5.73 Å². The fraction of sp³-hybridized carbons (Fsp3) is 0.500. The van der Waals surface area contributed by atoms with Gasteiger partial charge in [-0.05, 0) is 37.1 Å². The van der Waals surface area contributed by atoms with E-state index in [4.69, 9.17) is 5.73 Å². The number of hydrogen-bond donors (Lipinski definition) is 2. The molecule has 1 rings (SSSR count). The molecule has 4 nitrogen and oxygen atoms in total. The Labute approximate surface area is 107 Å². The maximum Gasteiger partial charge on any atom is 0.240 e. The number of halogens is 1. The van der Waals surface area contributed by atoms with E-state index in [0.717, 1.165) is 18.9 Å². The molecule has 0 aromatic heterocycles. The lowest BCUT2D eigenvalue weighted by Crippen LogP contribution is -2.37. The van der Waals surface area contributed by atoms with Gasteiger partial charge in [0, 0.05) is 12.6 Å². The SMILES string of the molecule is CCCC(N)CNS(=O)(=O)c1cc(C)cc(F)c1. The standard InChI is InChI=1S/C12H19FN2O2S/c1-3-4-11(14)8-15-18(16,17)12-6-9(2)5-10(13)7-12/h5-7,11,15H,3-4,8,14H2,1-2H3. The van der Waals surface area contributed by atoms with Crippen LogP contribution >= 0.6 is 0 Å². The maximum atomic E-state index is 13.2. The summed E-state index contributed by atoms with van der Waals surface area (Å²) < 4.78 is 39.4. The van der Waals surface area contributed by atoms with Crippen molar-refractivity contribution in [2.45, 2.75) is 37.6 Å². The molecule has 0 saturated carbocycles. The van der Waals surface area contributed by atoms with Crippen LogP contribution in [0.25, 0.3) is 0 Å². The Morgan fingerprint density at radius 1 is 1.39 bits per heavy atom. The van der Waals surface area contributed by atoms with Gasteiger partial charge < -0.3 is 5.73 Å². The minimum absolute atomic E-state index is 0.0660. The predicted octanol–water partition coefficient (Wildman–Crippen LogP) is 1.54. The van der Waals surface area contributed by atoms with Gasteiger partial charge in [-0.2, -0.15) is 0 Å². The average molecular weight is 274 g/mol. The first-order valence-electron chi connectivity index (χ1n) is 5.87. The monoisotopic (exact) mass is 274 g/mol. The second-order valence-electron chi connectivity index (χ2n) is 4.36. The van der Waals surface area contributed by atoms with Crippen LogP contribution in [0.5, 0.6) is 0 Å². The van der Waals surface area contributed by atoms with Crippen molar-refractivity contribution in [1.82, 2.24) is 4.72 Å². The Balaban J connectivity index is 2.80. The third-order valence-electron chi connectivity index (χ3n) is 2.52. The lowest BCUT2D eigenvalue weighted by molar-refractivity contribution is 0.551. The Bertz CT molecular complexity index is 483. The van der Waals surface area contributed by atoms with Crippen LogP contribution in [-0.2, 0) is 10.0 Å². The van der Waals surface area contributed by atoms with Gasteiger partial charge in [0.05, 0.1) is 4.90 Å². The lowest BCUT2D eigenvalue weighted by atomic mass is 10.2. The van der Waals surface area contributed by atoms with Crippen LogP contribution in [0.2, 0.25) is 0 Å². The molecule has 0 aliphatic rings. The molecule has 0 radical (unpaired) electrons. The van der Waals surface area contributed by atoms with Gasteiger partial charge in [0.1, 0.15) is 5.82 Å². The highest BCUT2D eigenvalue weighted by Gasteiger charge is 2.16. The van der Waals surface area contributed by atoms with Gasteiger partial charge in [0.25, 0.3) is 0 Å². The van der Waals surface area contributed by atoms with Gasteiger partial charge in [0.2, 0.25) is 10.0 Å². The molecule has 102 valence electrons. The van der Waals surface area contributed by atoms with Crippen molar-refractivity contribution >= 4 is 10.0 Å². The molecule has 1 unspecified atom stereocenters. The molecule has 0 aliphatic carbocycles. The molecule has 18 heavy (non-hydrogen) atoms. The summed E-state index contributed by atoms with van der Waals surface area (Å²) in [4.78, 5) is -0.0660. The summed E-state index contributed by atoms with van der Waals surface area (Å²) in [5.74, 6) is -0.562. The smallest absolute Gasteiger partial charge is 0.240 e. The third kappa shape index (κ3) is 4.36. The molecule has 0 aliphatic heterocycles. The summed E-state index contributed by atoms with van der Waals surface area (Å²) >= 11 is 0. The molecular formula is C12H19FN2O2S. The van der Waals surface area contributed by atoms with Gasteiger partial charge in [-0.25, -0.2) is 17.5 Å². The van der Waals surface area contributed by atoms with E-state index in [0.29, 0.717) is 5.56 Å². The molecule has 0 fully saturated rings. The van der Waals surface area contributed by atoms with E-state index in [-0.39, 0.29) is 17.5 Å². The molecule has 1 aromatic rings. The Kier molecular flexibility index (Phi) is 5.25. The topological polar surface area (TPSA) is 72.2 Å². The normalized spacial score (nSPS) is 13.6. The van der Waals surface area contributed by atoms with Crippen molar-refractivity contribution in [2.75, 3.05) is 6.54 Å². The van der Waals surface area contributed by atoms with Crippen LogP contribution < -0.4 is 10.5 Å². The van der Waals surface area contributed by atoms with Crippen LogP contribution in [0.3, 0.4) is 0 Å². The van der Waals surface area contributed by atoms with Gasteiger partial charge in [-0.15, -0.1) is 0 Å². The van der Waals surface area contributed by atoms with Gasteiger partial charge >= 0.3 is 0 Å². The van der Waals surface area contributed by atoms with E-state index in [1.807, 2.05) is 6.92 Å². The molecule has 6 heteroatoms. The summed E-state index contributed by atoms with van der Waals surface area (Å²) in [5, 5.41) is 0. The molecular weight excluding hydrogens is 255 g/mol. The minimum Gasteiger partial charge on any atom is -0.327 e. The first kappa shape index (κ1) is 15.1. The fourth-order valence-electron chi connectivity index (χ4n) is 1.63. The largest absolute Gasteiger partial charge is 0.327 e. The van der Waals surface area contributed by atoms with Crippen molar-refractivity contribution in [3.05, 3.63) is 29.6 Å². The Hall–Kier alpha value is -0.980. The number of nitrogens with one attached hydrogen (secondary N) is 1. The highest BCUT2D eigenvalue weighted by Crippen LogP contribution is 2.13. The van der Waals surface area contributed by atoms with E-state index >= 15 is 0 Å². The average Bonchev–Trinajstić information content (AvgIpc) is 2.26. The number of aryl methyl sites for hydroxylation is 1. The molecule has 3 N–H and O–H groups in total. The first-order chi connectivity index (χ1) is 8.35. The van der Waals surface area contributed by atoms with E-state index < -0.39 is 15.8 Å². The molecule has 1 atom stereocenters. The number of hydrogen-bond acceptors (Lipinski definition) is 3. The molecule has 0 heterocycles. The molecule has 0 spiro atoms. The summed E-state index contributed by atoms with van der Waals surface area (Å²) in [6.45, 7) is 3.78. The van der Waals surface area contributed by atoms with Crippen molar-refractivity contribution < 1.29 is 12.8 Å². The first-order valence-corrected chi connectivity index (χ1v) is 7.36. The maximum absolute atomic E-state index is 13.2. The highest BCUT2D eigenvalue weighted by molar-refractivity contribution is 7.89. The van der Waals surface area contributed by atoms with E-state index in [1.54, 1.807) is 6.92 Å². The lowest BCUT2D eigenvalue weighted by Gasteiger charge is -2.12. The Morgan fingerprint density at radius 2 is 2.06 bits per heavy atom. The van der Waals surface area contributed by atoms with Crippen LogP contribution in [0.1, 0.15) is 25.3 Å². The third-order valence-corrected chi connectivity index (χ3v) is 3.92.